The summed E-state index contributed by atoms with van der Waals surface area (Å²) in [4.78, 5) is 0. The molecule has 0 saturated carbocycles. The second kappa shape index (κ2) is 11.1. The van der Waals surface area contributed by atoms with Crippen LogP contribution >= 0.6 is 0 Å². The highest BCUT2D eigenvalue weighted by atomic mass is 16.3. The first-order valence-electron chi connectivity index (χ1n) is 26.1. The highest BCUT2D eigenvalue weighted by Crippen LogP contribution is 2.51. The Kier molecular flexibility index (Phi) is 3.07. The van der Waals surface area contributed by atoms with Gasteiger partial charge in [0.15, 0.2) is 0 Å². The summed E-state index contributed by atoms with van der Waals surface area (Å²) in [5.74, 6) is -0.526. The van der Waals surface area contributed by atoms with Crippen LogP contribution in [0.5, 0.6) is 0 Å². The van der Waals surface area contributed by atoms with Crippen LogP contribution in [-0.2, 0) is 0 Å². The van der Waals surface area contributed by atoms with Crippen LogP contribution in [0.25, 0.3) is 98.8 Å². The molecular weight excluding hydrogens is 593 g/mol. The van der Waals surface area contributed by atoms with Crippen LogP contribution in [0.15, 0.2) is 186 Å². The van der Waals surface area contributed by atoms with E-state index in [2.05, 4.69) is 0 Å². The minimum Gasteiger partial charge on any atom is -0.455 e. The van der Waals surface area contributed by atoms with Gasteiger partial charge in [-0.15, -0.1) is 0 Å². The van der Waals surface area contributed by atoms with Crippen LogP contribution in [0.2, 0.25) is 0 Å². The first-order chi connectivity index (χ1) is 33.5. The molecule has 0 radical (unpaired) electrons. The van der Waals surface area contributed by atoms with E-state index in [1.54, 1.807) is 30.3 Å². The lowest BCUT2D eigenvalue weighted by atomic mass is 9.84. The summed E-state index contributed by atoms with van der Waals surface area (Å²) < 4.78 is 205. The molecule has 1 heterocycles. The van der Waals surface area contributed by atoms with Crippen molar-refractivity contribution in [3.63, 3.8) is 0 Å². The molecule has 228 valence electrons. The Labute approximate surface area is 315 Å². The zero-order valence-corrected chi connectivity index (χ0v) is 25.0. The fraction of sp³-hybridized carbons (Fsp3) is 0. The Bertz CT molecular complexity index is 4020. The Hall–Kier alpha value is -6.44. The van der Waals surface area contributed by atoms with Gasteiger partial charge in [-0.2, -0.15) is 0 Å². The highest BCUT2D eigenvalue weighted by Gasteiger charge is 2.25. The van der Waals surface area contributed by atoms with Gasteiger partial charge in [-0.05, 0) is 72.1 Å². The van der Waals surface area contributed by atoms with Crippen LogP contribution in [-0.4, -0.2) is 0 Å². The van der Waals surface area contributed by atoms with Crippen molar-refractivity contribution in [2.45, 2.75) is 0 Å². The number of hydrogen-bond donors (Lipinski definition) is 0. The molecule has 0 fully saturated rings. The average Bonchev–Trinajstić information content (AvgIpc) is 3.73. The molecule has 0 aliphatic carbocycles. The fourth-order valence-electron chi connectivity index (χ4n) is 6.48. The number of furan rings is 1. The van der Waals surface area contributed by atoms with Crippen molar-refractivity contribution in [1.82, 2.24) is 0 Å². The van der Waals surface area contributed by atoms with Crippen molar-refractivity contribution in [3.8, 4) is 44.7 Å². The standard InChI is InChI=1S/C48H30O/c1-3-14-31(15-4-1)35-28-29-41-43(30-35)49-48(42-25-13-19-34-27-26-32-16-7-8-20-36(32)44(34)42)47(41)46-39-23-11-9-21-37(39)45(33-17-5-2-6-18-33)38-22-10-12-24-40(38)46/h1-30H/i1D,3D,4D,7D,8D,9D,10D,11D,12D,13D,14D,15D,16D,19D,20D,21D,22D,23D,24D,25D,26D,27D. The molecule has 0 unspecified atom stereocenters. The van der Waals surface area contributed by atoms with E-state index in [4.69, 9.17) is 25.0 Å². The zero-order valence-electron chi connectivity index (χ0n) is 47.0. The van der Waals surface area contributed by atoms with Crippen LogP contribution in [0.4, 0.5) is 0 Å². The third kappa shape index (κ3) is 4.33. The van der Waals surface area contributed by atoms with Crippen molar-refractivity contribution >= 4 is 54.1 Å². The second-order valence-corrected chi connectivity index (χ2v) is 11.1. The molecular formula is C48H30O. The molecule has 1 aromatic heterocycles. The number of benzene rings is 9. The van der Waals surface area contributed by atoms with E-state index >= 15 is 0 Å². The largest absolute Gasteiger partial charge is 0.455 e. The number of hydrogen-bond acceptors (Lipinski definition) is 1. The fourth-order valence-corrected chi connectivity index (χ4v) is 6.48. The van der Waals surface area contributed by atoms with Gasteiger partial charge in [0.1, 0.15) is 11.3 Å². The minimum atomic E-state index is -0.843. The Morgan fingerprint density at radius 1 is 0.388 bits per heavy atom. The monoisotopic (exact) mass is 644 g/mol. The second-order valence-electron chi connectivity index (χ2n) is 11.1. The van der Waals surface area contributed by atoms with Crippen molar-refractivity contribution in [3.05, 3.63) is 181 Å². The molecule has 0 spiro atoms. The van der Waals surface area contributed by atoms with E-state index in [-0.39, 0.29) is 60.3 Å². The molecule has 49 heavy (non-hydrogen) atoms. The first kappa shape index (κ1) is 13.6. The van der Waals surface area contributed by atoms with Gasteiger partial charge in [-0.25, -0.2) is 0 Å². The summed E-state index contributed by atoms with van der Waals surface area (Å²) in [6.07, 6.45) is 0. The van der Waals surface area contributed by atoms with Crippen molar-refractivity contribution in [2.75, 3.05) is 0 Å². The maximum Gasteiger partial charge on any atom is 0.143 e. The van der Waals surface area contributed by atoms with Gasteiger partial charge in [0.2, 0.25) is 0 Å². The normalized spacial score (nSPS) is 18.0. The molecule has 0 saturated heterocycles. The van der Waals surface area contributed by atoms with E-state index < -0.39 is 166 Å². The molecule has 10 rings (SSSR count). The van der Waals surface area contributed by atoms with Gasteiger partial charge in [-0.1, -0.05) is 169 Å². The maximum atomic E-state index is 9.64. The van der Waals surface area contributed by atoms with Gasteiger partial charge < -0.3 is 4.42 Å². The van der Waals surface area contributed by atoms with Crippen molar-refractivity contribution < 1.29 is 34.6 Å². The minimum absolute atomic E-state index is 0.00128. The predicted octanol–water partition coefficient (Wildman–Crippen LogP) is 13.7. The molecule has 9 aromatic carbocycles. The van der Waals surface area contributed by atoms with Gasteiger partial charge in [0.05, 0.1) is 30.2 Å². The molecule has 10 aromatic rings. The van der Waals surface area contributed by atoms with Gasteiger partial charge in [0.25, 0.3) is 0 Å². The van der Waals surface area contributed by atoms with Crippen molar-refractivity contribution in [1.29, 1.82) is 0 Å². The Morgan fingerprint density at radius 3 is 1.73 bits per heavy atom. The smallest absolute Gasteiger partial charge is 0.143 e. The molecule has 0 N–H and O–H groups in total. The maximum absolute atomic E-state index is 9.64. The zero-order chi connectivity index (χ0) is 51.5. The Balaban J connectivity index is 1.56. The Morgan fingerprint density at radius 2 is 1.00 bits per heavy atom. The van der Waals surface area contributed by atoms with E-state index in [0.29, 0.717) is 5.56 Å². The lowest BCUT2D eigenvalue weighted by Crippen LogP contribution is -1.92. The van der Waals surface area contributed by atoms with E-state index in [1.165, 1.54) is 18.2 Å². The van der Waals surface area contributed by atoms with E-state index in [0.717, 1.165) is 0 Å². The summed E-state index contributed by atoms with van der Waals surface area (Å²) >= 11 is 0. The van der Waals surface area contributed by atoms with Crippen LogP contribution in [0.1, 0.15) is 30.2 Å². The third-order valence-corrected chi connectivity index (χ3v) is 8.52. The van der Waals surface area contributed by atoms with Gasteiger partial charge in [-0.3, -0.25) is 0 Å². The SMILES string of the molecule is [2H]c1c([2H])c([2H])c(-c2ccc3c(-c4c5c([2H])c([2H])c([2H])c([2H])c5c(-c5ccccc5)c5c([2H])c([2H])c([2H])c([2H])c45)c(-c4c([2H])c([2H])c([2H])c5c([2H])c([2H])c6c([2H])c([2H])c([2H])c([2H])c6c45)oc3c2)c([2H])c1[2H]. The first-order valence-corrected chi connectivity index (χ1v) is 15.1. The summed E-state index contributed by atoms with van der Waals surface area (Å²) in [6, 6.07) is -3.60. The van der Waals surface area contributed by atoms with Crippen LogP contribution in [0, 0.1) is 0 Å². The van der Waals surface area contributed by atoms with Crippen LogP contribution < -0.4 is 0 Å². The third-order valence-electron chi connectivity index (χ3n) is 8.52. The number of rotatable bonds is 4. The molecule has 0 aliphatic heterocycles. The summed E-state index contributed by atoms with van der Waals surface area (Å²) in [5, 5.41) is -2.96. The predicted molar refractivity (Wildman–Crippen MR) is 208 cm³/mol. The van der Waals surface area contributed by atoms with Gasteiger partial charge >= 0.3 is 0 Å². The molecule has 0 bridgehead atoms. The lowest BCUT2D eigenvalue weighted by Gasteiger charge is -2.18. The van der Waals surface area contributed by atoms with Gasteiger partial charge in [0, 0.05) is 27.5 Å². The lowest BCUT2D eigenvalue weighted by molar-refractivity contribution is 0.633. The summed E-state index contributed by atoms with van der Waals surface area (Å²) in [7, 11) is 0. The molecule has 0 amide bonds. The van der Waals surface area contributed by atoms with E-state index in [9.17, 15) is 9.60 Å². The van der Waals surface area contributed by atoms with Crippen molar-refractivity contribution in [2.24, 2.45) is 0 Å². The quantitative estimate of drug-likeness (QED) is 0.137. The van der Waals surface area contributed by atoms with Crippen LogP contribution in [0.3, 0.4) is 0 Å². The topological polar surface area (TPSA) is 13.1 Å². The molecule has 0 aliphatic rings. The molecule has 1 heteroatoms. The molecule has 1 nitrogen and oxygen atoms in total. The average molecular weight is 645 g/mol. The highest BCUT2D eigenvalue weighted by molar-refractivity contribution is 6.26. The summed E-state index contributed by atoms with van der Waals surface area (Å²) in [5.41, 5.74) is -1.31. The summed E-state index contributed by atoms with van der Waals surface area (Å²) in [6.45, 7) is 0. The molecule has 0 atom stereocenters. The number of fused-ring (bicyclic) bond motifs is 6. The van der Waals surface area contributed by atoms with E-state index in [1.807, 2.05) is 0 Å².